The van der Waals surface area contributed by atoms with Crippen LogP contribution in [0.4, 0.5) is 0 Å². The fraction of sp³-hybridized carbons (Fsp3) is 0.533. The van der Waals surface area contributed by atoms with Gasteiger partial charge in [-0.15, -0.1) is 0 Å². The average Bonchev–Trinajstić information content (AvgIpc) is 2.90. The van der Waals surface area contributed by atoms with E-state index in [-0.39, 0.29) is 5.91 Å². The van der Waals surface area contributed by atoms with Crippen molar-refractivity contribution in [2.75, 3.05) is 19.6 Å². The molecule has 1 saturated carbocycles. The average molecular weight is 460 g/mol. The summed E-state index contributed by atoms with van der Waals surface area (Å²) >= 11 is 0. The van der Waals surface area contributed by atoms with E-state index in [0.717, 1.165) is 36.9 Å². The second-order valence-corrected chi connectivity index (χ2v) is 10.2. The van der Waals surface area contributed by atoms with E-state index in [2.05, 4.69) is 39.5 Å². The standard InChI is InChI=1S/C30H41N3O/c34-30(16-15-26-10-8-19-31-23-26)32-20-7-6-9-25-17-21-33(22-18-25)24-28-13-4-5-14-29(28)27-11-2-1-3-12-27/h4-5,8,10,13-16,19,23,25,27H,1-3,6-7,9,11-12,17-18,20-22,24H2,(H,32,34). The Hall–Kier alpha value is -2.46. The molecular formula is C30H41N3O. The number of amides is 1. The molecule has 34 heavy (non-hydrogen) atoms. The quantitative estimate of drug-likeness (QED) is 0.333. The number of pyridine rings is 1. The number of piperidine rings is 1. The van der Waals surface area contributed by atoms with Gasteiger partial charge >= 0.3 is 0 Å². The normalized spacial score (nSPS) is 18.4. The summed E-state index contributed by atoms with van der Waals surface area (Å²) in [5.41, 5.74) is 4.14. The van der Waals surface area contributed by atoms with Crippen molar-refractivity contribution >= 4 is 12.0 Å². The summed E-state index contributed by atoms with van der Waals surface area (Å²) in [4.78, 5) is 18.7. The van der Waals surface area contributed by atoms with E-state index in [0.29, 0.717) is 0 Å². The summed E-state index contributed by atoms with van der Waals surface area (Å²) in [6.45, 7) is 4.32. The summed E-state index contributed by atoms with van der Waals surface area (Å²) in [7, 11) is 0. The number of hydrogen-bond donors (Lipinski definition) is 1. The molecule has 0 atom stereocenters. The maximum atomic E-state index is 12.0. The van der Waals surface area contributed by atoms with E-state index in [1.165, 1.54) is 70.9 Å². The minimum atomic E-state index is -0.0225. The van der Waals surface area contributed by atoms with Crippen LogP contribution in [-0.4, -0.2) is 35.4 Å². The van der Waals surface area contributed by atoms with Crippen LogP contribution in [0, 0.1) is 5.92 Å². The van der Waals surface area contributed by atoms with Crippen LogP contribution in [0.5, 0.6) is 0 Å². The van der Waals surface area contributed by atoms with Gasteiger partial charge in [-0.05, 0) is 85.9 Å². The van der Waals surface area contributed by atoms with E-state index in [4.69, 9.17) is 0 Å². The Morgan fingerprint density at radius 2 is 1.82 bits per heavy atom. The van der Waals surface area contributed by atoms with E-state index < -0.39 is 0 Å². The van der Waals surface area contributed by atoms with Crippen molar-refractivity contribution in [2.24, 2.45) is 5.92 Å². The number of rotatable bonds is 10. The second-order valence-electron chi connectivity index (χ2n) is 10.2. The molecule has 0 spiro atoms. The summed E-state index contributed by atoms with van der Waals surface area (Å²) in [5.74, 6) is 1.60. The van der Waals surface area contributed by atoms with Crippen LogP contribution in [0.1, 0.15) is 86.8 Å². The minimum absolute atomic E-state index is 0.0225. The number of likely N-dealkylation sites (tertiary alicyclic amines) is 1. The Labute approximate surface area is 205 Å². The van der Waals surface area contributed by atoms with Gasteiger partial charge in [-0.3, -0.25) is 14.7 Å². The molecule has 2 aliphatic rings. The molecular weight excluding hydrogens is 418 g/mol. The monoisotopic (exact) mass is 459 g/mol. The third-order valence-electron chi connectivity index (χ3n) is 7.65. The van der Waals surface area contributed by atoms with Gasteiger partial charge in [0.25, 0.3) is 0 Å². The summed E-state index contributed by atoms with van der Waals surface area (Å²) < 4.78 is 0. The van der Waals surface area contributed by atoms with Crippen molar-refractivity contribution in [1.82, 2.24) is 15.2 Å². The van der Waals surface area contributed by atoms with Crippen molar-refractivity contribution in [1.29, 1.82) is 0 Å². The first-order valence-electron chi connectivity index (χ1n) is 13.4. The predicted molar refractivity (Wildman–Crippen MR) is 140 cm³/mol. The highest BCUT2D eigenvalue weighted by molar-refractivity contribution is 5.91. The largest absolute Gasteiger partial charge is 0.353 e. The van der Waals surface area contributed by atoms with Gasteiger partial charge in [-0.25, -0.2) is 0 Å². The van der Waals surface area contributed by atoms with Gasteiger partial charge in [0, 0.05) is 31.6 Å². The van der Waals surface area contributed by atoms with Crippen LogP contribution in [-0.2, 0) is 11.3 Å². The highest BCUT2D eigenvalue weighted by Gasteiger charge is 2.22. The van der Waals surface area contributed by atoms with Gasteiger partial charge in [-0.1, -0.05) is 62.4 Å². The molecule has 1 aromatic heterocycles. The van der Waals surface area contributed by atoms with Crippen LogP contribution in [0.25, 0.3) is 6.08 Å². The third-order valence-corrected chi connectivity index (χ3v) is 7.65. The molecule has 1 amide bonds. The topological polar surface area (TPSA) is 45.2 Å². The van der Waals surface area contributed by atoms with Crippen molar-refractivity contribution < 1.29 is 4.79 Å². The smallest absolute Gasteiger partial charge is 0.243 e. The molecule has 2 heterocycles. The van der Waals surface area contributed by atoms with Gasteiger partial charge in [0.15, 0.2) is 0 Å². The van der Waals surface area contributed by atoms with E-state index in [1.807, 2.05) is 18.2 Å². The highest BCUT2D eigenvalue weighted by Crippen LogP contribution is 2.35. The van der Waals surface area contributed by atoms with Crippen molar-refractivity contribution in [3.05, 3.63) is 71.6 Å². The van der Waals surface area contributed by atoms with Gasteiger partial charge in [-0.2, -0.15) is 0 Å². The molecule has 4 nitrogen and oxygen atoms in total. The summed E-state index contributed by atoms with van der Waals surface area (Å²) in [6.07, 6.45) is 20.0. The Morgan fingerprint density at radius 3 is 2.62 bits per heavy atom. The molecule has 4 heteroatoms. The zero-order chi connectivity index (χ0) is 23.4. The Balaban J connectivity index is 1.11. The van der Waals surface area contributed by atoms with Crippen LogP contribution >= 0.6 is 0 Å². The molecule has 182 valence electrons. The van der Waals surface area contributed by atoms with Crippen LogP contribution in [0.2, 0.25) is 0 Å². The Kier molecular flexibility index (Phi) is 9.74. The van der Waals surface area contributed by atoms with Gasteiger partial charge in [0.2, 0.25) is 5.91 Å². The molecule has 1 aliphatic carbocycles. The Morgan fingerprint density at radius 1 is 1.00 bits per heavy atom. The van der Waals surface area contributed by atoms with Crippen LogP contribution in [0.3, 0.4) is 0 Å². The predicted octanol–water partition coefficient (Wildman–Crippen LogP) is 6.34. The van der Waals surface area contributed by atoms with E-state index >= 15 is 0 Å². The third kappa shape index (κ3) is 7.80. The lowest BCUT2D eigenvalue weighted by molar-refractivity contribution is -0.116. The molecule has 0 radical (unpaired) electrons. The molecule has 2 aromatic rings. The number of aromatic nitrogens is 1. The number of carbonyl (C=O) groups is 1. The van der Waals surface area contributed by atoms with Crippen LogP contribution < -0.4 is 5.32 Å². The molecule has 2 fully saturated rings. The lowest BCUT2D eigenvalue weighted by Gasteiger charge is -2.33. The molecule has 0 unspecified atom stereocenters. The molecule has 4 rings (SSSR count). The SMILES string of the molecule is O=C(C=Cc1cccnc1)NCCCCC1CCN(Cc2ccccc2C2CCCCC2)CC1. The van der Waals surface area contributed by atoms with Crippen molar-refractivity contribution in [3.63, 3.8) is 0 Å². The first-order chi connectivity index (χ1) is 16.8. The lowest BCUT2D eigenvalue weighted by atomic mass is 9.82. The zero-order valence-electron chi connectivity index (χ0n) is 20.6. The number of nitrogens with zero attached hydrogens (tertiary/aromatic N) is 2. The first kappa shape index (κ1) is 24.7. The fourth-order valence-corrected chi connectivity index (χ4v) is 5.64. The molecule has 1 N–H and O–H groups in total. The van der Waals surface area contributed by atoms with Crippen LogP contribution in [0.15, 0.2) is 54.9 Å². The van der Waals surface area contributed by atoms with Crippen molar-refractivity contribution in [2.45, 2.75) is 76.7 Å². The molecule has 1 saturated heterocycles. The number of unbranched alkanes of at least 4 members (excludes halogenated alkanes) is 1. The zero-order valence-corrected chi connectivity index (χ0v) is 20.6. The van der Waals surface area contributed by atoms with E-state index in [1.54, 1.807) is 29.6 Å². The highest BCUT2D eigenvalue weighted by atomic mass is 16.1. The molecule has 1 aliphatic heterocycles. The van der Waals surface area contributed by atoms with Gasteiger partial charge < -0.3 is 5.32 Å². The van der Waals surface area contributed by atoms with Gasteiger partial charge in [0.05, 0.1) is 0 Å². The fourth-order valence-electron chi connectivity index (χ4n) is 5.64. The maximum absolute atomic E-state index is 12.0. The number of nitrogens with one attached hydrogen (secondary N) is 1. The summed E-state index contributed by atoms with van der Waals surface area (Å²) in [5, 5.41) is 3.00. The lowest BCUT2D eigenvalue weighted by Crippen LogP contribution is -2.33. The number of hydrogen-bond acceptors (Lipinski definition) is 3. The minimum Gasteiger partial charge on any atom is -0.353 e. The molecule has 1 aromatic carbocycles. The maximum Gasteiger partial charge on any atom is 0.243 e. The molecule has 0 bridgehead atoms. The summed E-state index contributed by atoms with van der Waals surface area (Å²) in [6, 6.07) is 13.0. The first-order valence-corrected chi connectivity index (χ1v) is 13.4. The van der Waals surface area contributed by atoms with E-state index in [9.17, 15) is 4.79 Å². The number of carbonyl (C=O) groups excluding carboxylic acids is 1. The second kappa shape index (κ2) is 13.4. The number of benzene rings is 1. The van der Waals surface area contributed by atoms with Crippen molar-refractivity contribution in [3.8, 4) is 0 Å². The van der Waals surface area contributed by atoms with Gasteiger partial charge in [0.1, 0.15) is 0 Å². The Bertz CT molecular complexity index is 896.